The first kappa shape index (κ1) is 24.4. The van der Waals surface area contributed by atoms with Crippen molar-refractivity contribution in [2.24, 2.45) is 0 Å². The van der Waals surface area contributed by atoms with Crippen LogP contribution in [0.5, 0.6) is 5.75 Å². The van der Waals surface area contributed by atoms with Crippen molar-refractivity contribution < 1.29 is 29.1 Å². The van der Waals surface area contributed by atoms with E-state index in [-0.39, 0.29) is 29.3 Å². The Bertz CT molecular complexity index is 971. The molecule has 0 aromatic heterocycles. The first-order valence-electron chi connectivity index (χ1n) is 9.90. The lowest BCUT2D eigenvalue weighted by Gasteiger charge is -2.24. The van der Waals surface area contributed by atoms with Gasteiger partial charge in [-0.25, -0.2) is 9.59 Å². The molecular formula is C22H27N3O7. The molecule has 0 saturated carbocycles. The van der Waals surface area contributed by atoms with E-state index >= 15 is 0 Å². The molecule has 0 aliphatic heterocycles. The van der Waals surface area contributed by atoms with Crippen LogP contribution >= 0.6 is 0 Å². The number of ether oxygens (including phenoxy) is 2. The summed E-state index contributed by atoms with van der Waals surface area (Å²) in [6, 6.07) is 11.2. The zero-order valence-electron chi connectivity index (χ0n) is 18.4. The molecule has 0 spiro atoms. The van der Waals surface area contributed by atoms with Crippen LogP contribution < -0.4 is 15.4 Å². The van der Waals surface area contributed by atoms with Gasteiger partial charge < -0.3 is 25.2 Å². The Hall–Kier alpha value is -3.82. The summed E-state index contributed by atoms with van der Waals surface area (Å²) < 4.78 is 11.0. The van der Waals surface area contributed by atoms with Crippen LogP contribution in [0.1, 0.15) is 36.7 Å². The van der Waals surface area contributed by atoms with Gasteiger partial charge in [0, 0.05) is 13.1 Å². The summed E-state index contributed by atoms with van der Waals surface area (Å²) in [5.74, 6) is -1.44. The quantitative estimate of drug-likeness (QED) is 0.390. The molecule has 10 nitrogen and oxygen atoms in total. The van der Waals surface area contributed by atoms with E-state index in [9.17, 15) is 24.8 Å². The Morgan fingerprint density at radius 1 is 1.16 bits per heavy atom. The second kappa shape index (κ2) is 10.5. The predicted octanol–water partition coefficient (Wildman–Crippen LogP) is 3.85. The minimum Gasteiger partial charge on any atom is -0.490 e. The molecule has 1 amide bonds. The number of carboxylic acids is 1. The van der Waals surface area contributed by atoms with Crippen molar-refractivity contribution in [2.45, 2.75) is 38.8 Å². The highest BCUT2D eigenvalue weighted by atomic mass is 16.6. The Morgan fingerprint density at radius 3 is 2.34 bits per heavy atom. The van der Waals surface area contributed by atoms with Gasteiger partial charge in [-0.1, -0.05) is 30.3 Å². The summed E-state index contributed by atoms with van der Waals surface area (Å²) in [6.07, 6.45) is -0.242. The molecule has 1 atom stereocenters. The van der Waals surface area contributed by atoms with E-state index in [1.54, 1.807) is 20.8 Å². The topological polar surface area (TPSA) is 140 Å². The van der Waals surface area contributed by atoms with Gasteiger partial charge in [-0.15, -0.1) is 0 Å². The number of anilines is 1. The molecule has 2 rings (SSSR count). The molecule has 0 aliphatic carbocycles. The number of nitrogens with zero attached hydrogens (tertiary/aromatic N) is 1. The summed E-state index contributed by atoms with van der Waals surface area (Å²) >= 11 is 0. The van der Waals surface area contributed by atoms with Gasteiger partial charge in [-0.2, -0.15) is 0 Å². The van der Waals surface area contributed by atoms with E-state index in [0.29, 0.717) is 6.42 Å². The molecule has 3 N–H and O–H groups in total. The van der Waals surface area contributed by atoms with Crippen LogP contribution in [0.25, 0.3) is 0 Å². The van der Waals surface area contributed by atoms with Crippen LogP contribution in [-0.2, 0) is 11.2 Å². The Morgan fingerprint density at radius 2 is 1.81 bits per heavy atom. The number of nitro groups is 1. The van der Waals surface area contributed by atoms with Gasteiger partial charge in [-0.3, -0.25) is 10.1 Å². The number of alkyl carbamates (subject to hydrolysis) is 1. The van der Waals surface area contributed by atoms with Crippen molar-refractivity contribution in [2.75, 3.05) is 19.0 Å². The number of nitro benzene ring substituents is 1. The molecule has 0 bridgehead atoms. The average molecular weight is 445 g/mol. The molecule has 172 valence electrons. The number of hydrogen-bond acceptors (Lipinski definition) is 7. The summed E-state index contributed by atoms with van der Waals surface area (Å²) in [5, 5.41) is 26.2. The van der Waals surface area contributed by atoms with E-state index in [4.69, 9.17) is 9.47 Å². The molecule has 1 unspecified atom stereocenters. The highest BCUT2D eigenvalue weighted by Crippen LogP contribution is 2.35. The molecule has 0 saturated heterocycles. The zero-order valence-corrected chi connectivity index (χ0v) is 18.4. The SMILES string of the molecule is CNc1c([N+](=O)[O-])ccc(OCC(Cc2ccccc2)NC(=O)OC(C)(C)C)c1C(=O)O. The number of amides is 1. The molecule has 0 fully saturated rings. The van der Waals surface area contributed by atoms with Crippen LogP contribution in [-0.4, -0.2) is 47.4 Å². The second-order valence-electron chi connectivity index (χ2n) is 7.99. The molecule has 0 heterocycles. The standard InChI is InChI=1S/C22H27N3O7/c1-22(2,3)32-21(28)24-15(12-14-8-6-5-7-9-14)13-31-17-11-10-16(25(29)30)19(23-4)18(17)20(26)27/h5-11,15,23H,12-13H2,1-4H3,(H,24,28)(H,26,27). The Kier molecular flexibility index (Phi) is 8.00. The van der Waals surface area contributed by atoms with Gasteiger partial charge in [0.1, 0.15) is 29.2 Å². The van der Waals surface area contributed by atoms with Crippen LogP contribution in [0.2, 0.25) is 0 Å². The molecule has 0 radical (unpaired) electrons. The van der Waals surface area contributed by atoms with Crippen LogP contribution in [0.15, 0.2) is 42.5 Å². The number of carboxylic acid groups (broad SMARTS) is 1. The van der Waals surface area contributed by atoms with Gasteiger partial charge in [0.25, 0.3) is 5.69 Å². The predicted molar refractivity (Wildman–Crippen MR) is 118 cm³/mol. The lowest BCUT2D eigenvalue weighted by molar-refractivity contribution is -0.384. The first-order valence-corrected chi connectivity index (χ1v) is 9.90. The number of carbonyl (C=O) groups is 2. The van der Waals surface area contributed by atoms with Crippen molar-refractivity contribution in [3.05, 3.63) is 63.7 Å². The maximum Gasteiger partial charge on any atom is 0.408 e. The third-order valence-electron chi connectivity index (χ3n) is 4.29. The van der Waals surface area contributed by atoms with Crippen molar-refractivity contribution in [1.29, 1.82) is 0 Å². The van der Waals surface area contributed by atoms with Gasteiger partial charge >= 0.3 is 12.1 Å². The first-order chi connectivity index (χ1) is 15.0. The second-order valence-corrected chi connectivity index (χ2v) is 7.99. The minimum atomic E-state index is -1.38. The summed E-state index contributed by atoms with van der Waals surface area (Å²) in [4.78, 5) is 34.7. The third-order valence-corrected chi connectivity index (χ3v) is 4.29. The summed E-state index contributed by atoms with van der Waals surface area (Å²) in [5.41, 5.74) is -0.684. The number of carbonyl (C=O) groups excluding carboxylic acids is 1. The molecule has 10 heteroatoms. The van der Waals surface area contributed by atoms with Crippen LogP contribution in [0.3, 0.4) is 0 Å². The maximum absolute atomic E-state index is 12.3. The number of aromatic carboxylic acids is 1. The minimum absolute atomic E-state index is 0.0588. The fourth-order valence-electron chi connectivity index (χ4n) is 3.03. The van der Waals surface area contributed by atoms with Gasteiger partial charge in [0.15, 0.2) is 0 Å². The molecular weight excluding hydrogens is 418 g/mol. The van der Waals surface area contributed by atoms with E-state index in [1.165, 1.54) is 19.2 Å². The summed E-state index contributed by atoms with van der Waals surface area (Å²) in [7, 11) is 1.39. The number of hydrogen-bond donors (Lipinski definition) is 3. The van der Waals surface area contributed by atoms with Crippen LogP contribution in [0.4, 0.5) is 16.2 Å². The smallest absolute Gasteiger partial charge is 0.408 e. The van der Waals surface area contributed by atoms with Gasteiger partial charge in [0.05, 0.1) is 11.0 Å². The van der Waals surface area contributed by atoms with E-state index in [2.05, 4.69) is 10.6 Å². The molecule has 32 heavy (non-hydrogen) atoms. The maximum atomic E-state index is 12.3. The molecule has 0 aliphatic rings. The third kappa shape index (κ3) is 6.86. The lowest BCUT2D eigenvalue weighted by Crippen LogP contribution is -2.43. The van der Waals surface area contributed by atoms with E-state index in [0.717, 1.165) is 5.56 Å². The monoisotopic (exact) mass is 445 g/mol. The highest BCUT2D eigenvalue weighted by molar-refractivity contribution is 6.00. The van der Waals surface area contributed by atoms with Gasteiger partial charge in [-0.05, 0) is 38.8 Å². The Labute approximate surface area is 185 Å². The highest BCUT2D eigenvalue weighted by Gasteiger charge is 2.27. The Balaban J connectivity index is 2.28. The van der Waals surface area contributed by atoms with Gasteiger partial charge in [0.2, 0.25) is 0 Å². The number of nitrogens with one attached hydrogen (secondary N) is 2. The van der Waals surface area contributed by atoms with Crippen molar-refractivity contribution in [3.63, 3.8) is 0 Å². The molecule has 2 aromatic carbocycles. The van der Waals surface area contributed by atoms with Crippen molar-refractivity contribution >= 4 is 23.4 Å². The van der Waals surface area contributed by atoms with E-state index in [1.807, 2.05) is 30.3 Å². The van der Waals surface area contributed by atoms with Crippen molar-refractivity contribution in [1.82, 2.24) is 5.32 Å². The largest absolute Gasteiger partial charge is 0.490 e. The molecule has 2 aromatic rings. The lowest BCUT2D eigenvalue weighted by atomic mass is 10.1. The zero-order chi connectivity index (χ0) is 23.9. The summed E-state index contributed by atoms with van der Waals surface area (Å²) in [6.45, 7) is 5.13. The van der Waals surface area contributed by atoms with E-state index < -0.39 is 28.6 Å². The number of rotatable bonds is 9. The fourth-order valence-corrected chi connectivity index (χ4v) is 3.03. The fraction of sp³-hybridized carbons (Fsp3) is 0.364. The van der Waals surface area contributed by atoms with Crippen LogP contribution in [0, 0.1) is 10.1 Å². The normalized spacial score (nSPS) is 11.9. The average Bonchev–Trinajstić information content (AvgIpc) is 2.70. The number of benzene rings is 2. The van der Waals surface area contributed by atoms with Crippen molar-refractivity contribution in [3.8, 4) is 5.75 Å².